The molecule has 6 saturated carbocycles. The fraction of sp³-hybridized carbons (Fsp3) is 0.935. The Morgan fingerprint density at radius 1 is 0.800 bits per heavy atom. The summed E-state index contributed by atoms with van der Waals surface area (Å²) in [5, 5.41) is 29.6. The summed E-state index contributed by atoms with van der Waals surface area (Å²) in [5.41, 5.74) is -2.70. The molecule has 16 unspecified atom stereocenters. The average Bonchev–Trinajstić information content (AvgIpc) is 3.69. The van der Waals surface area contributed by atoms with E-state index in [1.165, 1.54) is 0 Å². The Bertz CT molecular complexity index is 1010. The molecule has 0 spiro atoms. The van der Waals surface area contributed by atoms with Crippen molar-refractivity contribution in [2.75, 3.05) is 13.2 Å². The van der Waals surface area contributed by atoms with Gasteiger partial charge in [-0.3, -0.25) is 9.59 Å². The summed E-state index contributed by atoms with van der Waals surface area (Å²) in [4.78, 5) is 25.1. The van der Waals surface area contributed by atoms with E-state index in [-0.39, 0.29) is 84.8 Å². The molecule has 0 saturated heterocycles. The molecule has 3 N–H and O–H groups in total. The Balaban J connectivity index is 1.27. The first kappa shape index (κ1) is 28.8. The molecule has 0 aromatic carbocycles. The molecule has 0 heterocycles. The number of carboxylic acid groups (broad SMARTS) is 1. The molecule has 16 atom stereocenters. The van der Waals surface area contributed by atoms with Crippen molar-refractivity contribution in [3.63, 3.8) is 0 Å². The summed E-state index contributed by atoms with van der Waals surface area (Å²) in [6.07, 6.45) is -0.0336. The third kappa shape index (κ3) is 4.25. The molecule has 6 rings (SSSR count). The van der Waals surface area contributed by atoms with Crippen LogP contribution in [0.2, 0.25) is 0 Å². The number of halogens is 3. The summed E-state index contributed by atoms with van der Waals surface area (Å²) in [6.45, 7) is 5.20. The van der Waals surface area contributed by atoms with Crippen molar-refractivity contribution in [3.05, 3.63) is 0 Å². The lowest BCUT2D eigenvalue weighted by molar-refractivity contribution is -0.260. The van der Waals surface area contributed by atoms with Crippen LogP contribution >= 0.6 is 0 Å². The molecule has 6 bridgehead atoms. The lowest BCUT2D eigenvalue weighted by Gasteiger charge is -2.50. The first-order valence-electron chi connectivity index (χ1n) is 15.5. The maximum Gasteiger partial charge on any atom is 0.416 e. The monoisotopic (exact) mass is 570 g/mol. The number of carboxylic acids is 1. The lowest BCUT2D eigenvalue weighted by atomic mass is 9.54. The van der Waals surface area contributed by atoms with Crippen LogP contribution in [0.15, 0.2) is 0 Å². The van der Waals surface area contributed by atoms with Gasteiger partial charge in [0.25, 0.3) is 0 Å². The molecular formula is C31H45F3O6. The van der Waals surface area contributed by atoms with Gasteiger partial charge in [-0.1, -0.05) is 13.8 Å². The summed E-state index contributed by atoms with van der Waals surface area (Å²) in [6, 6.07) is 0. The van der Waals surface area contributed by atoms with Crippen LogP contribution in [0.1, 0.15) is 65.7 Å². The van der Waals surface area contributed by atoms with E-state index in [2.05, 4.69) is 13.8 Å². The molecule has 9 heteroatoms. The van der Waals surface area contributed by atoms with Gasteiger partial charge in [-0.15, -0.1) is 0 Å². The second-order valence-corrected chi connectivity index (χ2v) is 14.9. The van der Waals surface area contributed by atoms with Crippen molar-refractivity contribution < 1.29 is 42.8 Å². The highest BCUT2D eigenvalue weighted by molar-refractivity contribution is 5.73. The summed E-state index contributed by atoms with van der Waals surface area (Å²) < 4.78 is 46.2. The van der Waals surface area contributed by atoms with E-state index in [9.17, 15) is 33.0 Å². The van der Waals surface area contributed by atoms with E-state index in [1.807, 2.05) is 0 Å². The molecule has 6 nitrogen and oxygen atoms in total. The molecule has 6 aliphatic carbocycles. The highest BCUT2D eigenvalue weighted by atomic mass is 19.4. The minimum atomic E-state index is -4.66. The highest BCUT2D eigenvalue weighted by Crippen LogP contribution is 2.71. The zero-order valence-electron chi connectivity index (χ0n) is 23.7. The zero-order valence-corrected chi connectivity index (χ0v) is 23.7. The van der Waals surface area contributed by atoms with Gasteiger partial charge in [-0.2, -0.15) is 13.2 Å². The molecule has 0 aromatic heterocycles. The minimum absolute atomic E-state index is 0.00376. The van der Waals surface area contributed by atoms with E-state index in [0.29, 0.717) is 36.0 Å². The van der Waals surface area contributed by atoms with Crippen molar-refractivity contribution >= 4 is 11.9 Å². The quantitative estimate of drug-likeness (QED) is 0.355. The fourth-order valence-corrected chi connectivity index (χ4v) is 12.1. The highest BCUT2D eigenvalue weighted by Gasteiger charge is 2.67. The van der Waals surface area contributed by atoms with Gasteiger partial charge in [0, 0.05) is 0 Å². The van der Waals surface area contributed by atoms with Crippen LogP contribution in [-0.4, -0.2) is 52.2 Å². The van der Waals surface area contributed by atoms with Gasteiger partial charge in [0.1, 0.15) is 6.61 Å². The van der Waals surface area contributed by atoms with Crippen molar-refractivity contribution in [2.24, 2.45) is 88.8 Å². The Morgan fingerprint density at radius 2 is 1.43 bits per heavy atom. The molecule has 0 aromatic rings. The fourth-order valence-electron chi connectivity index (χ4n) is 12.1. The SMILES string of the molecule is CC1C2CC(CC2C(=O)OCCO)C1C1C2CC(CC2C(=O)O)C1C1C(C)C2CC(CC(C)(O)C(F)(F)F)C1C2. The maximum absolute atomic E-state index is 13.6. The molecule has 0 aliphatic heterocycles. The number of hydrogen-bond donors (Lipinski definition) is 3. The topological polar surface area (TPSA) is 104 Å². The number of hydrogen-bond acceptors (Lipinski definition) is 5. The second kappa shape index (κ2) is 9.85. The number of fused-ring (bicyclic) bond motifs is 6. The number of alkyl halides is 3. The van der Waals surface area contributed by atoms with Crippen LogP contribution in [0.5, 0.6) is 0 Å². The van der Waals surface area contributed by atoms with E-state index < -0.39 is 17.7 Å². The largest absolute Gasteiger partial charge is 0.481 e. The number of esters is 1. The summed E-state index contributed by atoms with van der Waals surface area (Å²) >= 11 is 0. The van der Waals surface area contributed by atoms with E-state index in [0.717, 1.165) is 39.0 Å². The van der Waals surface area contributed by atoms with Crippen LogP contribution in [0.4, 0.5) is 13.2 Å². The van der Waals surface area contributed by atoms with Crippen molar-refractivity contribution in [1.82, 2.24) is 0 Å². The number of rotatable bonds is 8. The predicted octanol–water partition coefficient (Wildman–Crippen LogP) is 5.01. The first-order valence-corrected chi connectivity index (χ1v) is 15.5. The van der Waals surface area contributed by atoms with Crippen LogP contribution in [0, 0.1) is 88.8 Å². The van der Waals surface area contributed by atoms with Crippen molar-refractivity contribution in [3.8, 4) is 0 Å². The van der Waals surface area contributed by atoms with Crippen molar-refractivity contribution in [1.29, 1.82) is 0 Å². The lowest BCUT2D eigenvalue weighted by Crippen LogP contribution is -2.49. The number of aliphatic hydroxyl groups excluding tert-OH is 1. The Kier molecular flexibility index (Phi) is 7.08. The number of aliphatic carboxylic acids is 1. The third-order valence-corrected chi connectivity index (χ3v) is 13.4. The molecule has 226 valence electrons. The third-order valence-electron chi connectivity index (χ3n) is 13.4. The van der Waals surface area contributed by atoms with Gasteiger partial charge in [0.2, 0.25) is 0 Å². The van der Waals surface area contributed by atoms with Gasteiger partial charge >= 0.3 is 18.1 Å². The molecule has 0 radical (unpaired) electrons. The van der Waals surface area contributed by atoms with E-state index in [1.54, 1.807) is 0 Å². The molecule has 6 fully saturated rings. The maximum atomic E-state index is 13.6. The van der Waals surface area contributed by atoms with Gasteiger partial charge in [0.15, 0.2) is 5.60 Å². The van der Waals surface area contributed by atoms with Crippen LogP contribution in [-0.2, 0) is 14.3 Å². The van der Waals surface area contributed by atoms with Crippen LogP contribution in [0.3, 0.4) is 0 Å². The first-order chi connectivity index (χ1) is 18.7. The summed E-state index contributed by atoms with van der Waals surface area (Å²) in [7, 11) is 0. The molecule has 6 aliphatic rings. The van der Waals surface area contributed by atoms with Crippen LogP contribution < -0.4 is 0 Å². The van der Waals surface area contributed by atoms with E-state index in [4.69, 9.17) is 9.84 Å². The number of carbonyl (C=O) groups is 2. The van der Waals surface area contributed by atoms with Crippen LogP contribution in [0.25, 0.3) is 0 Å². The molecule has 0 amide bonds. The van der Waals surface area contributed by atoms with E-state index >= 15 is 0 Å². The summed E-state index contributed by atoms with van der Waals surface area (Å²) in [5.74, 6) is 1.46. The van der Waals surface area contributed by atoms with Crippen molar-refractivity contribution in [2.45, 2.75) is 77.5 Å². The van der Waals surface area contributed by atoms with Gasteiger partial charge in [-0.25, -0.2) is 0 Å². The average molecular weight is 571 g/mol. The Morgan fingerprint density at radius 3 is 2.02 bits per heavy atom. The van der Waals surface area contributed by atoms with Gasteiger partial charge in [0.05, 0.1) is 18.4 Å². The molecular weight excluding hydrogens is 525 g/mol. The van der Waals surface area contributed by atoms with Gasteiger partial charge in [-0.05, 0) is 129 Å². The minimum Gasteiger partial charge on any atom is -0.481 e. The molecule has 40 heavy (non-hydrogen) atoms. The smallest absolute Gasteiger partial charge is 0.416 e. The Hall–Kier alpha value is -1.35. The number of ether oxygens (including phenoxy) is 1. The standard InChI is InChI=1S/C31H45F3O6/c1-13-15-6-18(12-30(3,39)31(32,33)34)20(7-15)25(13)26-17-9-21(22(10-17)28(36)37)27(26)24-14(2)19-8-16(24)11-23(19)29(38)40-5-4-35/h13-27,35,39H,4-12H2,1-3H3,(H,36,37). The van der Waals surface area contributed by atoms with Gasteiger partial charge < -0.3 is 20.1 Å². The number of aliphatic hydroxyl groups is 2. The predicted molar refractivity (Wildman–Crippen MR) is 138 cm³/mol. The normalized spacial score (nSPS) is 50.5. The Labute approximate surface area is 234 Å². The number of carbonyl (C=O) groups excluding carboxylic acids is 1. The second-order valence-electron chi connectivity index (χ2n) is 14.9. The zero-order chi connectivity index (χ0) is 28.9.